The molecule has 2 aliphatic heterocycles. The van der Waals surface area contributed by atoms with Crippen LogP contribution in [-0.2, 0) is 0 Å². The Morgan fingerprint density at radius 2 is 1.65 bits per heavy atom. The van der Waals surface area contributed by atoms with Gasteiger partial charge in [-0.05, 0) is 45.5 Å². The van der Waals surface area contributed by atoms with Crippen LogP contribution in [0.3, 0.4) is 0 Å². The number of ketones is 1. The highest BCUT2D eigenvalue weighted by molar-refractivity contribution is 7.08. The summed E-state index contributed by atoms with van der Waals surface area (Å²) in [6.07, 6.45) is 3.92. The fraction of sp³-hybridized carbons (Fsp3) is 0.138. The van der Waals surface area contributed by atoms with Gasteiger partial charge < -0.3 is 4.90 Å². The third-order valence-corrected chi connectivity index (χ3v) is 7.79. The number of fused-ring (bicyclic) bond motifs is 4. The molecule has 3 atom stereocenters. The van der Waals surface area contributed by atoms with E-state index in [9.17, 15) is 15.3 Å². The van der Waals surface area contributed by atoms with Crippen molar-refractivity contribution in [3.05, 3.63) is 106 Å². The standard InChI is InChI=1S/C29H19N3OS/c30-17-29(18-31)25-11-10-22-14-20-8-4-5-9-21(20)15-24(22)32(25)27(28(33)23-12-13-34-16-23)26(29)19-6-2-1-3-7-19/h1-16,25-27H/t25-,26+,27+/m1/s1. The van der Waals surface area contributed by atoms with E-state index in [4.69, 9.17) is 0 Å². The highest BCUT2D eigenvalue weighted by atomic mass is 32.1. The zero-order valence-corrected chi connectivity index (χ0v) is 18.9. The van der Waals surface area contributed by atoms with Crippen LogP contribution in [0, 0.1) is 28.1 Å². The maximum atomic E-state index is 14.1. The molecule has 0 spiro atoms. The number of carbonyl (C=O) groups excluding carboxylic acids is 1. The van der Waals surface area contributed by atoms with E-state index in [0.717, 1.165) is 27.6 Å². The molecule has 0 bridgehead atoms. The fourth-order valence-electron chi connectivity index (χ4n) is 5.58. The summed E-state index contributed by atoms with van der Waals surface area (Å²) in [7, 11) is 0. The summed E-state index contributed by atoms with van der Waals surface area (Å²) >= 11 is 1.47. The van der Waals surface area contributed by atoms with Gasteiger partial charge in [0.15, 0.2) is 11.2 Å². The molecule has 5 heteroatoms. The van der Waals surface area contributed by atoms with Crippen LogP contribution in [0.5, 0.6) is 0 Å². The average Bonchev–Trinajstić information content (AvgIpc) is 3.53. The Morgan fingerprint density at radius 3 is 2.32 bits per heavy atom. The van der Waals surface area contributed by atoms with Crippen molar-refractivity contribution in [3.8, 4) is 12.1 Å². The van der Waals surface area contributed by atoms with E-state index in [2.05, 4.69) is 30.3 Å². The van der Waals surface area contributed by atoms with Gasteiger partial charge in [-0.15, -0.1) is 0 Å². The lowest BCUT2D eigenvalue weighted by atomic mass is 9.69. The van der Waals surface area contributed by atoms with E-state index in [1.807, 2.05) is 82.4 Å². The molecule has 3 aromatic carbocycles. The summed E-state index contributed by atoms with van der Waals surface area (Å²) in [5.41, 5.74) is 1.88. The van der Waals surface area contributed by atoms with Gasteiger partial charge in [-0.25, -0.2) is 0 Å². The van der Waals surface area contributed by atoms with Crippen molar-refractivity contribution >= 4 is 39.7 Å². The first-order chi connectivity index (χ1) is 16.7. The van der Waals surface area contributed by atoms with E-state index in [1.54, 1.807) is 0 Å². The molecule has 1 saturated heterocycles. The minimum Gasteiger partial charge on any atom is -0.351 e. The summed E-state index contributed by atoms with van der Waals surface area (Å²) in [5, 5.41) is 26.9. The van der Waals surface area contributed by atoms with E-state index >= 15 is 0 Å². The number of anilines is 1. The number of benzene rings is 3. The van der Waals surface area contributed by atoms with Crippen LogP contribution in [0.4, 0.5) is 5.69 Å². The summed E-state index contributed by atoms with van der Waals surface area (Å²) in [5.74, 6) is -0.676. The summed E-state index contributed by atoms with van der Waals surface area (Å²) in [6.45, 7) is 0. The zero-order chi connectivity index (χ0) is 23.3. The number of nitrogens with zero attached hydrogens (tertiary/aromatic N) is 3. The third-order valence-electron chi connectivity index (χ3n) is 7.11. The minimum atomic E-state index is -1.42. The second-order valence-electron chi connectivity index (χ2n) is 8.77. The topological polar surface area (TPSA) is 67.9 Å². The van der Waals surface area contributed by atoms with Crippen LogP contribution in [0.15, 0.2) is 89.6 Å². The molecule has 1 fully saturated rings. The number of rotatable bonds is 3. The Bertz CT molecular complexity index is 1510. The van der Waals surface area contributed by atoms with Crippen LogP contribution in [0.25, 0.3) is 16.8 Å². The first kappa shape index (κ1) is 20.4. The smallest absolute Gasteiger partial charge is 0.186 e. The van der Waals surface area contributed by atoms with Crippen LogP contribution < -0.4 is 4.90 Å². The molecule has 0 saturated carbocycles. The van der Waals surface area contributed by atoms with Crippen LogP contribution in [-0.4, -0.2) is 17.9 Å². The maximum absolute atomic E-state index is 14.1. The lowest BCUT2D eigenvalue weighted by molar-refractivity contribution is 0.0951. The molecular weight excluding hydrogens is 438 g/mol. The quantitative estimate of drug-likeness (QED) is 0.344. The van der Waals surface area contributed by atoms with E-state index in [-0.39, 0.29) is 5.78 Å². The second-order valence-corrected chi connectivity index (χ2v) is 9.55. The number of thiophene rings is 1. The molecule has 0 unspecified atom stereocenters. The van der Waals surface area contributed by atoms with Crippen molar-refractivity contribution in [1.29, 1.82) is 10.5 Å². The average molecular weight is 458 g/mol. The largest absolute Gasteiger partial charge is 0.351 e. The number of hydrogen-bond acceptors (Lipinski definition) is 5. The monoisotopic (exact) mass is 457 g/mol. The molecule has 2 aliphatic rings. The normalized spacial score (nSPS) is 21.9. The summed E-state index contributed by atoms with van der Waals surface area (Å²) < 4.78 is 0. The molecule has 0 aliphatic carbocycles. The number of Topliss-reactive ketones (excluding diaryl/α,β-unsaturated/α-hetero) is 1. The second kappa shape index (κ2) is 7.70. The van der Waals surface area contributed by atoms with Crippen molar-refractivity contribution < 1.29 is 4.79 Å². The van der Waals surface area contributed by atoms with Gasteiger partial charge in [0.1, 0.15) is 6.04 Å². The first-order valence-electron chi connectivity index (χ1n) is 11.1. The molecule has 34 heavy (non-hydrogen) atoms. The highest BCUT2D eigenvalue weighted by Crippen LogP contribution is 2.55. The molecule has 4 nitrogen and oxygen atoms in total. The molecule has 3 heterocycles. The molecule has 0 N–H and O–H groups in total. The van der Waals surface area contributed by atoms with Gasteiger partial charge in [0.25, 0.3) is 0 Å². The molecule has 162 valence electrons. The molecular formula is C29H19N3OS. The van der Waals surface area contributed by atoms with Gasteiger partial charge in [-0.1, -0.05) is 66.7 Å². The van der Waals surface area contributed by atoms with Crippen molar-refractivity contribution in [1.82, 2.24) is 0 Å². The predicted molar refractivity (Wildman–Crippen MR) is 135 cm³/mol. The number of hydrogen-bond donors (Lipinski definition) is 0. The molecule has 0 radical (unpaired) electrons. The van der Waals surface area contributed by atoms with Gasteiger partial charge in [0, 0.05) is 22.5 Å². The molecule has 6 rings (SSSR count). The number of carbonyl (C=O) groups is 1. The minimum absolute atomic E-state index is 0.0677. The van der Waals surface area contributed by atoms with Crippen molar-refractivity contribution in [3.63, 3.8) is 0 Å². The highest BCUT2D eigenvalue weighted by Gasteiger charge is 2.63. The Kier molecular flexibility index (Phi) is 4.62. The predicted octanol–water partition coefficient (Wildman–Crippen LogP) is 6.19. The Morgan fingerprint density at radius 1 is 0.941 bits per heavy atom. The van der Waals surface area contributed by atoms with Gasteiger partial charge >= 0.3 is 0 Å². The Hall–Kier alpha value is -4.19. The SMILES string of the molecule is N#CC1(C#N)[C@@H](c2ccccc2)[C@@H](C(=O)c2ccsc2)N2c3cc4ccccc4cc3C=C[C@@H]21. The van der Waals surface area contributed by atoms with Crippen molar-refractivity contribution in [2.75, 3.05) is 4.90 Å². The van der Waals surface area contributed by atoms with Crippen molar-refractivity contribution in [2.24, 2.45) is 5.41 Å². The molecule has 1 aromatic heterocycles. The van der Waals surface area contributed by atoms with Crippen molar-refractivity contribution in [2.45, 2.75) is 18.0 Å². The first-order valence-corrected chi connectivity index (χ1v) is 12.1. The van der Waals surface area contributed by atoms with Gasteiger partial charge in [-0.3, -0.25) is 4.79 Å². The van der Waals surface area contributed by atoms with Crippen LogP contribution >= 0.6 is 11.3 Å². The van der Waals surface area contributed by atoms with E-state index in [1.165, 1.54) is 11.3 Å². The van der Waals surface area contributed by atoms with Gasteiger partial charge in [0.2, 0.25) is 0 Å². The van der Waals surface area contributed by atoms with Gasteiger partial charge in [-0.2, -0.15) is 21.9 Å². The zero-order valence-electron chi connectivity index (χ0n) is 18.1. The Balaban J connectivity index is 1.65. The van der Waals surface area contributed by atoms with Crippen LogP contribution in [0.2, 0.25) is 0 Å². The molecule has 0 amide bonds. The lowest BCUT2D eigenvalue weighted by Gasteiger charge is -2.35. The van der Waals surface area contributed by atoms with Crippen LogP contribution in [0.1, 0.15) is 27.4 Å². The lowest BCUT2D eigenvalue weighted by Crippen LogP contribution is -2.44. The third kappa shape index (κ3) is 2.78. The van der Waals surface area contributed by atoms with E-state index in [0.29, 0.717) is 5.56 Å². The molecule has 4 aromatic rings. The van der Waals surface area contributed by atoms with E-state index < -0.39 is 23.4 Å². The summed E-state index contributed by atoms with van der Waals surface area (Å²) in [4.78, 5) is 16.1. The number of nitriles is 2. The van der Waals surface area contributed by atoms with Gasteiger partial charge in [0.05, 0.1) is 18.2 Å². The maximum Gasteiger partial charge on any atom is 0.186 e. The summed E-state index contributed by atoms with van der Waals surface area (Å²) in [6, 6.07) is 27.2. The Labute approximate surface area is 201 Å². The fourth-order valence-corrected chi connectivity index (χ4v) is 6.23.